The molecule has 0 aliphatic carbocycles. The van der Waals surface area contributed by atoms with Crippen molar-refractivity contribution in [3.05, 3.63) is 24.3 Å². The van der Waals surface area contributed by atoms with E-state index in [1.807, 2.05) is 6.07 Å². The highest BCUT2D eigenvalue weighted by molar-refractivity contribution is 7.89. The molecule has 0 aliphatic rings. The van der Waals surface area contributed by atoms with Gasteiger partial charge in [-0.1, -0.05) is 13.8 Å². The van der Waals surface area contributed by atoms with Gasteiger partial charge in [0.2, 0.25) is 20.0 Å². The number of sulfonamides is 2. The molecule has 7 nitrogen and oxygen atoms in total. The van der Waals surface area contributed by atoms with Gasteiger partial charge in [0.05, 0.1) is 15.9 Å². The average molecular weight is 345 g/mol. The first-order valence-electron chi connectivity index (χ1n) is 6.76. The third kappa shape index (κ3) is 4.27. The molecular weight excluding hydrogens is 326 g/mol. The van der Waals surface area contributed by atoms with Crippen molar-refractivity contribution in [3.63, 3.8) is 0 Å². The number of hydrogen-bond donors (Lipinski definition) is 1. The monoisotopic (exact) mass is 345 g/mol. The molecule has 1 N–H and O–H groups in total. The maximum absolute atomic E-state index is 12.3. The van der Waals surface area contributed by atoms with Gasteiger partial charge in [-0.25, -0.2) is 21.6 Å². The molecule has 0 unspecified atom stereocenters. The number of rotatable bonds is 8. The molecule has 1 aromatic carbocycles. The lowest BCUT2D eigenvalue weighted by atomic mass is 10.4. The average Bonchev–Trinajstić information content (AvgIpc) is 2.48. The molecule has 0 atom stereocenters. The molecule has 0 saturated carbocycles. The molecule has 0 saturated heterocycles. The highest BCUT2D eigenvalue weighted by atomic mass is 32.2. The van der Waals surface area contributed by atoms with Crippen LogP contribution in [0.25, 0.3) is 0 Å². The topological polar surface area (TPSA) is 107 Å². The second-order valence-electron chi connectivity index (χ2n) is 4.37. The van der Waals surface area contributed by atoms with Gasteiger partial charge in [-0.15, -0.1) is 0 Å². The van der Waals surface area contributed by atoms with Crippen molar-refractivity contribution in [3.8, 4) is 6.07 Å². The van der Waals surface area contributed by atoms with Crippen LogP contribution in [0.1, 0.15) is 20.3 Å². The van der Waals surface area contributed by atoms with Crippen LogP contribution < -0.4 is 4.72 Å². The van der Waals surface area contributed by atoms with Gasteiger partial charge in [-0.2, -0.15) is 9.57 Å². The summed E-state index contributed by atoms with van der Waals surface area (Å²) in [4.78, 5) is 0.0103. The first-order chi connectivity index (χ1) is 10.3. The zero-order valence-corrected chi connectivity index (χ0v) is 14.1. The summed E-state index contributed by atoms with van der Waals surface area (Å²) >= 11 is 0. The Kier molecular flexibility index (Phi) is 6.49. The molecule has 0 bridgehead atoms. The predicted octanol–water partition coefficient (Wildman–Crippen LogP) is 0.909. The molecule has 0 spiro atoms. The maximum Gasteiger partial charge on any atom is 0.243 e. The molecule has 0 aliphatic heterocycles. The Morgan fingerprint density at radius 1 is 1.05 bits per heavy atom. The lowest BCUT2D eigenvalue weighted by molar-refractivity contribution is 0.445. The Morgan fingerprint density at radius 3 is 2.00 bits per heavy atom. The van der Waals surface area contributed by atoms with Gasteiger partial charge in [0.1, 0.15) is 0 Å². The molecule has 1 aromatic rings. The summed E-state index contributed by atoms with van der Waals surface area (Å²) in [5.74, 6) is 0. The third-order valence-electron chi connectivity index (χ3n) is 3.01. The number of nitrogens with one attached hydrogen (secondary N) is 1. The fourth-order valence-corrected chi connectivity index (χ4v) is 4.32. The molecule has 1 rings (SSSR count). The first kappa shape index (κ1) is 18.6. The van der Waals surface area contributed by atoms with Gasteiger partial charge in [-0.3, -0.25) is 0 Å². The Morgan fingerprint density at radius 2 is 1.55 bits per heavy atom. The summed E-state index contributed by atoms with van der Waals surface area (Å²) in [5.41, 5.74) is 0. The largest absolute Gasteiger partial charge is 0.243 e. The highest BCUT2D eigenvalue weighted by Gasteiger charge is 2.22. The Labute approximate surface area is 131 Å². The SMILES string of the molecule is CCN(CC)S(=O)(=O)c1ccc(S(=O)(=O)NCCC#N)cc1. The van der Waals surface area contributed by atoms with Gasteiger partial charge in [0, 0.05) is 26.1 Å². The summed E-state index contributed by atoms with van der Waals surface area (Å²) in [6.45, 7) is 4.17. The highest BCUT2D eigenvalue weighted by Crippen LogP contribution is 2.18. The molecule has 0 fully saturated rings. The minimum absolute atomic E-state index is 0.0122. The first-order valence-corrected chi connectivity index (χ1v) is 9.68. The minimum atomic E-state index is -3.74. The Balaban J connectivity index is 3.03. The van der Waals surface area contributed by atoms with Crippen LogP contribution in [0.5, 0.6) is 0 Å². The number of nitrogens with zero attached hydrogens (tertiary/aromatic N) is 2. The van der Waals surface area contributed by atoms with Crippen LogP contribution in [0.2, 0.25) is 0 Å². The van der Waals surface area contributed by atoms with Gasteiger partial charge in [-0.05, 0) is 24.3 Å². The number of benzene rings is 1. The van der Waals surface area contributed by atoms with Gasteiger partial charge >= 0.3 is 0 Å². The summed E-state index contributed by atoms with van der Waals surface area (Å²) in [7, 11) is -7.34. The van der Waals surface area contributed by atoms with E-state index in [1.54, 1.807) is 13.8 Å². The van der Waals surface area contributed by atoms with Crippen molar-refractivity contribution in [1.82, 2.24) is 9.03 Å². The molecule has 0 aromatic heterocycles. The third-order valence-corrected chi connectivity index (χ3v) is 6.55. The van der Waals surface area contributed by atoms with E-state index in [9.17, 15) is 16.8 Å². The van der Waals surface area contributed by atoms with E-state index in [-0.39, 0.29) is 22.8 Å². The molecule has 0 amide bonds. The molecule has 9 heteroatoms. The fraction of sp³-hybridized carbons (Fsp3) is 0.462. The second kappa shape index (κ2) is 7.69. The van der Waals surface area contributed by atoms with Crippen LogP contribution in [0.3, 0.4) is 0 Å². The molecular formula is C13H19N3O4S2. The summed E-state index contributed by atoms with van der Waals surface area (Å²) in [6, 6.07) is 6.86. The van der Waals surface area contributed by atoms with E-state index in [4.69, 9.17) is 5.26 Å². The normalized spacial score (nSPS) is 12.3. The Hall–Kier alpha value is -1.47. The van der Waals surface area contributed by atoms with Crippen LogP contribution >= 0.6 is 0 Å². The lowest BCUT2D eigenvalue weighted by Gasteiger charge is -2.18. The van der Waals surface area contributed by atoms with Gasteiger partial charge < -0.3 is 0 Å². The number of nitriles is 1. The summed E-state index contributed by atoms with van der Waals surface area (Å²) < 4.78 is 52.0. The van der Waals surface area contributed by atoms with Crippen molar-refractivity contribution in [2.75, 3.05) is 19.6 Å². The van der Waals surface area contributed by atoms with E-state index in [1.165, 1.54) is 28.6 Å². The van der Waals surface area contributed by atoms with Crippen molar-refractivity contribution in [2.45, 2.75) is 30.1 Å². The van der Waals surface area contributed by atoms with Crippen LogP contribution in [-0.2, 0) is 20.0 Å². The minimum Gasteiger partial charge on any atom is -0.210 e. The summed E-state index contributed by atoms with van der Waals surface area (Å²) in [6.07, 6.45) is 0.0631. The zero-order valence-electron chi connectivity index (χ0n) is 12.5. The van der Waals surface area contributed by atoms with Crippen molar-refractivity contribution >= 4 is 20.0 Å². The van der Waals surface area contributed by atoms with E-state index >= 15 is 0 Å². The van der Waals surface area contributed by atoms with Gasteiger partial charge in [0.25, 0.3) is 0 Å². The zero-order chi connectivity index (χ0) is 16.8. The van der Waals surface area contributed by atoms with Crippen LogP contribution in [0.15, 0.2) is 34.1 Å². The van der Waals surface area contributed by atoms with Crippen LogP contribution in [0.4, 0.5) is 0 Å². The van der Waals surface area contributed by atoms with Crippen LogP contribution in [0, 0.1) is 11.3 Å². The predicted molar refractivity (Wildman–Crippen MR) is 82.0 cm³/mol. The van der Waals surface area contributed by atoms with E-state index in [2.05, 4.69) is 4.72 Å². The van der Waals surface area contributed by atoms with E-state index in [0.29, 0.717) is 13.1 Å². The molecule has 22 heavy (non-hydrogen) atoms. The fourth-order valence-electron chi connectivity index (χ4n) is 1.83. The van der Waals surface area contributed by atoms with Crippen LogP contribution in [-0.4, -0.2) is 40.8 Å². The molecule has 122 valence electrons. The van der Waals surface area contributed by atoms with E-state index < -0.39 is 20.0 Å². The smallest absolute Gasteiger partial charge is 0.210 e. The molecule has 0 heterocycles. The van der Waals surface area contributed by atoms with Crippen molar-refractivity contribution in [2.24, 2.45) is 0 Å². The van der Waals surface area contributed by atoms with Gasteiger partial charge in [0.15, 0.2) is 0 Å². The molecule has 0 radical (unpaired) electrons. The van der Waals surface area contributed by atoms with E-state index in [0.717, 1.165) is 0 Å². The van der Waals surface area contributed by atoms with Crippen molar-refractivity contribution in [1.29, 1.82) is 5.26 Å². The quantitative estimate of drug-likeness (QED) is 0.705. The standard InChI is InChI=1S/C13H19N3O4S2/c1-3-16(4-2)22(19,20)13-8-6-12(7-9-13)21(17,18)15-11-5-10-14/h6-9,15H,3-5,11H2,1-2H3. The lowest BCUT2D eigenvalue weighted by Crippen LogP contribution is -2.30. The second-order valence-corrected chi connectivity index (χ2v) is 8.07. The van der Waals surface area contributed by atoms with Crippen molar-refractivity contribution < 1.29 is 16.8 Å². The Bertz CT molecular complexity index is 730. The summed E-state index contributed by atoms with van der Waals surface area (Å²) in [5, 5.41) is 8.40. The maximum atomic E-state index is 12.3. The number of hydrogen-bond acceptors (Lipinski definition) is 5.